The summed E-state index contributed by atoms with van der Waals surface area (Å²) in [5.74, 6) is -0.285. The van der Waals surface area contributed by atoms with Gasteiger partial charge in [0.05, 0.1) is 19.3 Å². The number of carbonyl (C=O) groups is 1. The van der Waals surface area contributed by atoms with Crippen molar-refractivity contribution in [3.8, 4) is 0 Å². The summed E-state index contributed by atoms with van der Waals surface area (Å²) in [7, 11) is -2.11. The fraction of sp³-hybridized carbons (Fsp3) is 0.923. The molecule has 0 aliphatic carbocycles. The Labute approximate surface area is 121 Å². The summed E-state index contributed by atoms with van der Waals surface area (Å²) in [6.45, 7) is 4.90. The van der Waals surface area contributed by atoms with Gasteiger partial charge in [0.2, 0.25) is 10.0 Å². The topological polar surface area (TPSA) is 75.7 Å². The molecule has 1 rings (SSSR count). The molecule has 1 aliphatic rings. The monoisotopic (exact) mass is 306 g/mol. The molecule has 0 saturated carbocycles. The molecule has 6 nitrogen and oxygen atoms in total. The van der Waals surface area contributed by atoms with Crippen molar-refractivity contribution in [2.45, 2.75) is 32.6 Å². The molecule has 1 unspecified atom stereocenters. The summed E-state index contributed by atoms with van der Waals surface area (Å²) in [5, 5.41) is 3.30. The van der Waals surface area contributed by atoms with Crippen molar-refractivity contribution in [3.63, 3.8) is 0 Å². The minimum absolute atomic E-state index is 0.0814. The Kier molecular flexibility index (Phi) is 7.47. The van der Waals surface area contributed by atoms with Gasteiger partial charge < -0.3 is 10.1 Å². The molecule has 1 aliphatic heterocycles. The van der Waals surface area contributed by atoms with Crippen LogP contribution in [0, 0.1) is 5.92 Å². The van der Waals surface area contributed by atoms with Crippen LogP contribution in [-0.2, 0) is 19.6 Å². The highest BCUT2D eigenvalue weighted by molar-refractivity contribution is 7.89. The van der Waals surface area contributed by atoms with Crippen LogP contribution in [0.5, 0.6) is 0 Å². The van der Waals surface area contributed by atoms with Crippen LogP contribution in [0.15, 0.2) is 0 Å². The highest BCUT2D eigenvalue weighted by Crippen LogP contribution is 2.15. The summed E-state index contributed by atoms with van der Waals surface area (Å²) in [6, 6.07) is 0. The molecule has 1 fully saturated rings. The van der Waals surface area contributed by atoms with Gasteiger partial charge in [0.15, 0.2) is 0 Å². The van der Waals surface area contributed by atoms with E-state index in [0.717, 1.165) is 32.4 Å². The molecule has 1 heterocycles. The van der Waals surface area contributed by atoms with Crippen molar-refractivity contribution < 1.29 is 17.9 Å². The minimum Gasteiger partial charge on any atom is -0.469 e. The summed E-state index contributed by atoms with van der Waals surface area (Å²) in [4.78, 5) is 11.1. The predicted octanol–water partition coefficient (Wildman–Crippen LogP) is 0.591. The number of methoxy groups -OCH3 is 1. The van der Waals surface area contributed by atoms with Gasteiger partial charge in [0, 0.05) is 13.1 Å². The van der Waals surface area contributed by atoms with Crippen molar-refractivity contribution in [1.82, 2.24) is 9.62 Å². The van der Waals surface area contributed by atoms with Crippen LogP contribution in [0.1, 0.15) is 32.6 Å². The highest BCUT2D eigenvalue weighted by Gasteiger charge is 2.26. The van der Waals surface area contributed by atoms with Gasteiger partial charge in [-0.1, -0.05) is 6.92 Å². The second-order valence-electron chi connectivity index (χ2n) is 5.21. The summed E-state index contributed by atoms with van der Waals surface area (Å²) in [5.41, 5.74) is 0. The number of hydrogen-bond donors (Lipinski definition) is 1. The van der Waals surface area contributed by atoms with Crippen LogP contribution in [0.3, 0.4) is 0 Å². The largest absolute Gasteiger partial charge is 0.469 e. The van der Waals surface area contributed by atoms with Gasteiger partial charge in [-0.25, -0.2) is 12.7 Å². The van der Waals surface area contributed by atoms with Gasteiger partial charge in [0.1, 0.15) is 0 Å². The molecular formula is C13H26N2O4S. The van der Waals surface area contributed by atoms with Gasteiger partial charge in [-0.15, -0.1) is 0 Å². The first-order valence-corrected chi connectivity index (χ1v) is 8.86. The van der Waals surface area contributed by atoms with Crippen LogP contribution in [0.4, 0.5) is 0 Å². The van der Waals surface area contributed by atoms with E-state index in [9.17, 15) is 13.2 Å². The standard InChI is InChI=1S/C13H26N2O4S/c1-3-8-15(11-12-5-4-7-14-10-12)20(17,18)9-6-13(16)19-2/h12,14H,3-11H2,1-2H3. The van der Waals surface area contributed by atoms with Crippen LogP contribution in [0.2, 0.25) is 0 Å². The quantitative estimate of drug-likeness (QED) is 0.664. The number of nitrogens with zero attached hydrogens (tertiary/aromatic N) is 1. The maximum absolute atomic E-state index is 12.3. The summed E-state index contributed by atoms with van der Waals surface area (Å²) >= 11 is 0. The zero-order valence-electron chi connectivity index (χ0n) is 12.4. The van der Waals surface area contributed by atoms with Crippen molar-refractivity contribution in [3.05, 3.63) is 0 Å². The lowest BCUT2D eigenvalue weighted by Crippen LogP contribution is -2.42. The van der Waals surface area contributed by atoms with E-state index >= 15 is 0 Å². The minimum atomic E-state index is -3.38. The van der Waals surface area contributed by atoms with Crippen LogP contribution >= 0.6 is 0 Å². The molecule has 1 saturated heterocycles. The lowest BCUT2D eigenvalue weighted by molar-refractivity contribution is -0.140. The molecule has 0 amide bonds. The fourth-order valence-corrected chi connectivity index (χ4v) is 3.99. The number of ether oxygens (including phenoxy) is 1. The normalized spacial score (nSPS) is 20.1. The Hall–Kier alpha value is -0.660. The number of rotatable bonds is 8. The maximum Gasteiger partial charge on any atom is 0.306 e. The molecule has 0 bridgehead atoms. The van der Waals surface area contributed by atoms with Crippen molar-refractivity contribution >= 4 is 16.0 Å². The Bertz CT molecular complexity index is 391. The molecule has 20 heavy (non-hydrogen) atoms. The van der Waals surface area contributed by atoms with E-state index in [1.165, 1.54) is 11.4 Å². The van der Waals surface area contributed by atoms with Gasteiger partial charge >= 0.3 is 5.97 Å². The lowest BCUT2D eigenvalue weighted by Gasteiger charge is -2.29. The average Bonchev–Trinajstić information content (AvgIpc) is 2.45. The first kappa shape index (κ1) is 17.4. The first-order valence-electron chi connectivity index (χ1n) is 7.25. The zero-order valence-corrected chi connectivity index (χ0v) is 13.2. The Balaban J connectivity index is 2.59. The lowest BCUT2D eigenvalue weighted by atomic mass is 10.00. The van der Waals surface area contributed by atoms with Gasteiger partial charge in [-0.3, -0.25) is 4.79 Å². The Morgan fingerprint density at radius 3 is 2.75 bits per heavy atom. The molecule has 118 valence electrons. The number of esters is 1. The van der Waals surface area contributed by atoms with E-state index < -0.39 is 16.0 Å². The first-order chi connectivity index (χ1) is 9.49. The highest BCUT2D eigenvalue weighted by atomic mass is 32.2. The fourth-order valence-electron chi connectivity index (χ4n) is 2.40. The van der Waals surface area contributed by atoms with Crippen molar-refractivity contribution in [2.24, 2.45) is 5.92 Å². The van der Waals surface area contributed by atoms with E-state index in [-0.39, 0.29) is 12.2 Å². The molecule has 0 aromatic rings. The van der Waals surface area contributed by atoms with E-state index in [1.807, 2.05) is 6.92 Å². The number of nitrogens with one attached hydrogen (secondary N) is 1. The number of piperidine rings is 1. The van der Waals surface area contributed by atoms with Crippen LogP contribution in [0.25, 0.3) is 0 Å². The van der Waals surface area contributed by atoms with Crippen molar-refractivity contribution in [2.75, 3.05) is 39.0 Å². The van der Waals surface area contributed by atoms with Crippen molar-refractivity contribution in [1.29, 1.82) is 0 Å². The van der Waals surface area contributed by atoms with Crippen LogP contribution in [-0.4, -0.2) is 57.7 Å². The van der Waals surface area contributed by atoms with E-state index in [4.69, 9.17) is 0 Å². The third-order valence-electron chi connectivity index (χ3n) is 3.52. The third-order valence-corrected chi connectivity index (χ3v) is 5.36. The summed E-state index contributed by atoms with van der Waals surface area (Å²) in [6.07, 6.45) is 2.84. The SMILES string of the molecule is CCCN(CC1CCCNC1)S(=O)(=O)CCC(=O)OC. The summed E-state index contributed by atoms with van der Waals surface area (Å²) < 4.78 is 30.7. The van der Waals surface area contributed by atoms with E-state index in [1.54, 1.807) is 0 Å². The van der Waals surface area contributed by atoms with Gasteiger partial charge in [0.25, 0.3) is 0 Å². The zero-order chi connectivity index (χ0) is 15.0. The number of carbonyl (C=O) groups excluding carboxylic acids is 1. The Morgan fingerprint density at radius 1 is 1.45 bits per heavy atom. The predicted molar refractivity (Wildman–Crippen MR) is 77.9 cm³/mol. The second-order valence-corrected chi connectivity index (χ2v) is 7.30. The molecule has 1 atom stereocenters. The average molecular weight is 306 g/mol. The molecule has 7 heteroatoms. The van der Waals surface area contributed by atoms with Gasteiger partial charge in [-0.2, -0.15) is 0 Å². The maximum atomic E-state index is 12.3. The van der Waals surface area contributed by atoms with Crippen LogP contribution < -0.4 is 5.32 Å². The molecule has 1 N–H and O–H groups in total. The molecular weight excluding hydrogens is 280 g/mol. The molecule has 0 spiro atoms. The van der Waals surface area contributed by atoms with Gasteiger partial charge in [-0.05, 0) is 38.3 Å². The molecule has 0 aromatic carbocycles. The Morgan fingerprint density at radius 2 is 2.20 bits per heavy atom. The second kappa shape index (κ2) is 8.59. The number of hydrogen-bond acceptors (Lipinski definition) is 5. The molecule has 0 aromatic heterocycles. The van der Waals surface area contributed by atoms with E-state index in [0.29, 0.717) is 19.0 Å². The number of sulfonamides is 1. The smallest absolute Gasteiger partial charge is 0.306 e. The third kappa shape index (κ3) is 5.76. The molecule has 0 radical (unpaired) electrons. The van der Waals surface area contributed by atoms with E-state index in [2.05, 4.69) is 10.1 Å².